The van der Waals surface area contributed by atoms with Crippen LogP contribution in [0, 0.1) is 25.5 Å². The molecule has 1 N–H and O–H groups in total. The van der Waals surface area contributed by atoms with Crippen LogP contribution in [0.1, 0.15) is 17.0 Å². The van der Waals surface area contributed by atoms with E-state index in [2.05, 4.69) is 10.4 Å². The normalized spacial score (nSPS) is 10.6. The molecule has 0 aliphatic heterocycles. The van der Waals surface area contributed by atoms with Crippen LogP contribution >= 0.6 is 0 Å². The minimum atomic E-state index is -1.08. The van der Waals surface area contributed by atoms with E-state index in [1.807, 2.05) is 37.3 Å². The molecule has 150 valence electrons. The highest BCUT2D eigenvalue weighted by molar-refractivity contribution is 5.92. The number of carbonyl (C=O) groups is 2. The highest BCUT2D eigenvalue weighted by Crippen LogP contribution is 2.19. The van der Waals surface area contributed by atoms with Gasteiger partial charge in [-0.05, 0) is 38.1 Å². The Bertz CT molecular complexity index is 1050. The number of carbonyl (C=O) groups excluding carboxylic acids is 2. The van der Waals surface area contributed by atoms with Gasteiger partial charge in [0.25, 0.3) is 5.91 Å². The number of amides is 1. The van der Waals surface area contributed by atoms with Crippen molar-refractivity contribution in [3.8, 4) is 5.69 Å². The first kappa shape index (κ1) is 20.2. The second-order valence-electron chi connectivity index (χ2n) is 6.41. The first-order chi connectivity index (χ1) is 13.8. The molecule has 8 heteroatoms. The predicted molar refractivity (Wildman–Crippen MR) is 103 cm³/mol. The summed E-state index contributed by atoms with van der Waals surface area (Å²) in [5, 5.41) is 6.80. The van der Waals surface area contributed by atoms with E-state index in [1.165, 1.54) is 6.07 Å². The number of nitrogens with zero attached hydrogens (tertiary/aromatic N) is 2. The van der Waals surface area contributed by atoms with Gasteiger partial charge in [-0.15, -0.1) is 0 Å². The summed E-state index contributed by atoms with van der Waals surface area (Å²) in [6.45, 7) is 3.11. The number of hydrogen-bond acceptors (Lipinski definition) is 4. The molecule has 0 aliphatic rings. The molecule has 6 nitrogen and oxygen atoms in total. The molecule has 2 aromatic carbocycles. The van der Waals surface area contributed by atoms with Crippen LogP contribution in [0.2, 0.25) is 0 Å². The van der Waals surface area contributed by atoms with E-state index in [4.69, 9.17) is 4.74 Å². The maximum absolute atomic E-state index is 13.2. The van der Waals surface area contributed by atoms with Crippen LogP contribution in [0.5, 0.6) is 0 Å². The molecule has 0 fully saturated rings. The SMILES string of the molecule is Cc1nn(-c2ccccc2)c(C)c1CC(=O)OCC(=O)Nc1ccc(F)c(F)c1. The van der Waals surface area contributed by atoms with Crippen LogP contribution in [0.3, 0.4) is 0 Å². The molecule has 0 saturated carbocycles. The number of para-hydroxylation sites is 1. The Morgan fingerprint density at radius 3 is 2.48 bits per heavy atom. The van der Waals surface area contributed by atoms with Crippen LogP contribution < -0.4 is 5.32 Å². The number of hydrogen-bond donors (Lipinski definition) is 1. The highest BCUT2D eigenvalue weighted by Gasteiger charge is 2.17. The highest BCUT2D eigenvalue weighted by atomic mass is 19.2. The predicted octanol–water partition coefficient (Wildman–Crippen LogP) is 3.49. The van der Waals surface area contributed by atoms with Crippen molar-refractivity contribution in [3.63, 3.8) is 0 Å². The molecule has 0 atom stereocenters. The summed E-state index contributed by atoms with van der Waals surface area (Å²) in [5.74, 6) is -3.35. The topological polar surface area (TPSA) is 73.2 Å². The molecule has 0 saturated heterocycles. The molecule has 1 aromatic heterocycles. The Balaban J connectivity index is 1.59. The average Bonchev–Trinajstić information content (AvgIpc) is 2.98. The van der Waals surface area contributed by atoms with Gasteiger partial charge in [-0.2, -0.15) is 5.10 Å². The van der Waals surface area contributed by atoms with Crippen LogP contribution in [-0.2, 0) is 20.7 Å². The summed E-state index contributed by atoms with van der Waals surface area (Å²) in [6, 6.07) is 12.5. The Morgan fingerprint density at radius 1 is 1.07 bits per heavy atom. The van der Waals surface area contributed by atoms with Crippen LogP contribution in [-0.4, -0.2) is 28.3 Å². The van der Waals surface area contributed by atoms with Crippen molar-refractivity contribution in [2.45, 2.75) is 20.3 Å². The second-order valence-corrected chi connectivity index (χ2v) is 6.41. The standard InChI is InChI=1S/C21H19F2N3O3/c1-13-17(14(2)26(25-13)16-6-4-3-5-7-16)11-21(28)29-12-20(27)24-15-8-9-18(22)19(23)10-15/h3-10H,11-12H2,1-2H3,(H,24,27). The Kier molecular flexibility index (Phi) is 6.01. The van der Waals surface area contributed by atoms with Gasteiger partial charge in [0.15, 0.2) is 18.2 Å². The summed E-state index contributed by atoms with van der Waals surface area (Å²) in [6.07, 6.45) is -0.0387. The lowest BCUT2D eigenvalue weighted by molar-refractivity contribution is -0.146. The Labute approximate surface area is 166 Å². The molecule has 1 heterocycles. The number of anilines is 1. The third kappa shape index (κ3) is 4.84. The van der Waals surface area contributed by atoms with Gasteiger partial charge in [-0.1, -0.05) is 18.2 Å². The van der Waals surface area contributed by atoms with Crippen molar-refractivity contribution >= 4 is 17.6 Å². The maximum Gasteiger partial charge on any atom is 0.310 e. The van der Waals surface area contributed by atoms with Gasteiger partial charge >= 0.3 is 5.97 Å². The minimum Gasteiger partial charge on any atom is -0.455 e. The Hall–Kier alpha value is -3.55. The molecule has 0 bridgehead atoms. The summed E-state index contributed by atoms with van der Waals surface area (Å²) < 4.78 is 32.8. The molecule has 3 rings (SSSR count). The van der Waals surface area contributed by atoms with E-state index in [0.29, 0.717) is 5.69 Å². The quantitative estimate of drug-likeness (QED) is 0.644. The summed E-state index contributed by atoms with van der Waals surface area (Å²) in [5.41, 5.74) is 3.16. The average molecular weight is 399 g/mol. The lowest BCUT2D eigenvalue weighted by Crippen LogP contribution is -2.22. The van der Waals surface area contributed by atoms with E-state index in [0.717, 1.165) is 29.1 Å². The Morgan fingerprint density at radius 2 is 1.79 bits per heavy atom. The van der Waals surface area contributed by atoms with Crippen LogP contribution in [0.15, 0.2) is 48.5 Å². The van der Waals surface area contributed by atoms with Gasteiger partial charge in [0.1, 0.15) is 0 Å². The summed E-state index contributed by atoms with van der Waals surface area (Å²) in [4.78, 5) is 24.0. The third-order valence-electron chi connectivity index (χ3n) is 4.33. The van der Waals surface area contributed by atoms with E-state index in [1.54, 1.807) is 11.6 Å². The molecule has 1 amide bonds. The number of nitrogens with one attached hydrogen (secondary N) is 1. The monoisotopic (exact) mass is 399 g/mol. The lowest BCUT2D eigenvalue weighted by atomic mass is 10.1. The smallest absolute Gasteiger partial charge is 0.310 e. The number of rotatable bonds is 6. The fraction of sp³-hybridized carbons (Fsp3) is 0.190. The lowest BCUT2D eigenvalue weighted by Gasteiger charge is -2.08. The van der Waals surface area contributed by atoms with Crippen molar-refractivity contribution in [1.29, 1.82) is 0 Å². The zero-order valence-corrected chi connectivity index (χ0v) is 15.9. The van der Waals surface area contributed by atoms with Crippen molar-refractivity contribution < 1.29 is 23.1 Å². The molecule has 3 aromatic rings. The molecular weight excluding hydrogens is 380 g/mol. The van der Waals surface area contributed by atoms with E-state index < -0.39 is 30.1 Å². The maximum atomic E-state index is 13.2. The van der Waals surface area contributed by atoms with Gasteiger partial charge in [-0.25, -0.2) is 13.5 Å². The zero-order chi connectivity index (χ0) is 21.0. The first-order valence-electron chi connectivity index (χ1n) is 8.86. The number of halogens is 2. The molecule has 29 heavy (non-hydrogen) atoms. The number of esters is 1. The van der Waals surface area contributed by atoms with E-state index in [9.17, 15) is 18.4 Å². The fourth-order valence-corrected chi connectivity index (χ4v) is 2.86. The van der Waals surface area contributed by atoms with E-state index >= 15 is 0 Å². The van der Waals surface area contributed by atoms with Crippen molar-refractivity contribution in [3.05, 3.63) is 77.1 Å². The summed E-state index contributed by atoms with van der Waals surface area (Å²) >= 11 is 0. The van der Waals surface area contributed by atoms with Gasteiger partial charge in [0.05, 0.1) is 17.8 Å². The number of benzene rings is 2. The van der Waals surface area contributed by atoms with Gasteiger partial charge in [-0.3, -0.25) is 9.59 Å². The molecule has 0 unspecified atom stereocenters. The van der Waals surface area contributed by atoms with Crippen molar-refractivity contribution in [2.24, 2.45) is 0 Å². The summed E-state index contributed by atoms with van der Waals surface area (Å²) in [7, 11) is 0. The van der Waals surface area contributed by atoms with Gasteiger partial charge in [0.2, 0.25) is 0 Å². The van der Waals surface area contributed by atoms with Crippen molar-refractivity contribution in [2.75, 3.05) is 11.9 Å². The van der Waals surface area contributed by atoms with Gasteiger partial charge < -0.3 is 10.1 Å². The second kappa shape index (κ2) is 8.64. The molecular formula is C21H19F2N3O3. The zero-order valence-electron chi connectivity index (χ0n) is 15.9. The molecule has 0 spiro atoms. The first-order valence-corrected chi connectivity index (χ1v) is 8.86. The van der Waals surface area contributed by atoms with E-state index in [-0.39, 0.29) is 12.1 Å². The van der Waals surface area contributed by atoms with Gasteiger partial charge in [0, 0.05) is 23.0 Å². The largest absolute Gasteiger partial charge is 0.455 e. The number of aryl methyl sites for hydroxylation is 1. The minimum absolute atomic E-state index is 0.0387. The van der Waals surface area contributed by atoms with Crippen molar-refractivity contribution in [1.82, 2.24) is 9.78 Å². The molecule has 0 radical (unpaired) electrons. The third-order valence-corrected chi connectivity index (χ3v) is 4.33. The molecule has 0 aliphatic carbocycles. The fourth-order valence-electron chi connectivity index (χ4n) is 2.86. The van der Waals surface area contributed by atoms with Crippen LogP contribution in [0.4, 0.5) is 14.5 Å². The van der Waals surface area contributed by atoms with Crippen LogP contribution in [0.25, 0.3) is 5.69 Å². The number of ether oxygens (including phenoxy) is 1. The number of aromatic nitrogens is 2.